The van der Waals surface area contributed by atoms with Crippen LogP contribution in [0.3, 0.4) is 0 Å². The number of amides is 2. The van der Waals surface area contributed by atoms with Gasteiger partial charge in [-0.05, 0) is 11.5 Å². The second kappa shape index (κ2) is 6.92. The number of rotatable bonds is 4. The lowest BCUT2D eigenvalue weighted by molar-refractivity contribution is -0.141. The van der Waals surface area contributed by atoms with E-state index in [2.05, 4.69) is 10.6 Å². The quantitative estimate of drug-likeness (QED) is 0.787. The molecule has 1 heterocycles. The van der Waals surface area contributed by atoms with E-state index in [1.165, 1.54) is 11.8 Å². The highest BCUT2D eigenvalue weighted by Crippen LogP contribution is 2.25. The van der Waals surface area contributed by atoms with Crippen molar-refractivity contribution in [1.82, 2.24) is 5.32 Å². The molecule has 2 atom stereocenters. The van der Waals surface area contributed by atoms with E-state index in [0.717, 1.165) is 10.8 Å². The van der Waals surface area contributed by atoms with Gasteiger partial charge in [0.05, 0.1) is 5.25 Å². The zero-order valence-electron chi connectivity index (χ0n) is 12.7. The van der Waals surface area contributed by atoms with Gasteiger partial charge in [-0.15, -0.1) is 11.8 Å². The summed E-state index contributed by atoms with van der Waals surface area (Å²) in [5.74, 6) is -1.48. The highest BCUT2D eigenvalue weighted by atomic mass is 32.2. The van der Waals surface area contributed by atoms with E-state index >= 15 is 0 Å². The molecular weight excluding hydrogens is 328 g/mol. The first kappa shape index (κ1) is 16.3. The van der Waals surface area contributed by atoms with Gasteiger partial charge >= 0.3 is 5.97 Å². The molecule has 0 unspecified atom stereocenters. The summed E-state index contributed by atoms with van der Waals surface area (Å²) in [5, 5.41) is 15.6. The van der Waals surface area contributed by atoms with Crippen molar-refractivity contribution < 1.29 is 19.5 Å². The van der Waals surface area contributed by atoms with E-state index in [4.69, 9.17) is 5.11 Å². The minimum Gasteiger partial charge on any atom is -0.480 e. The molecule has 0 aromatic heterocycles. The fourth-order valence-electron chi connectivity index (χ4n) is 2.58. The molecule has 1 aliphatic heterocycles. The van der Waals surface area contributed by atoms with Crippen LogP contribution in [0.4, 0.5) is 5.69 Å². The van der Waals surface area contributed by atoms with Crippen molar-refractivity contribution in [3.8, 4) is 0 Å². The van der Waals surface area contributed by atoms with Crippen molar-refractivity contribution in [3.63, 3.8) is 0 Å². The smallest absolute Gasteiger partial charge is 0.327 e. The molecule has 1 aliphatic rings. The number of nitrogens with one attached hydrogen (secondary N) is 2. The molecule has 0 saturated carbocycles. The first-order valence-electron chi connectivity index (χ1n) is 7.47. The Kier molecular flexibility index (Phi) is 4.71. The molecule has 3 rings (SSSR count). The van der Waals surface area contributed by atoms with Crippen LogP contribution < -0.4 is 10.6 Å². The van der Waals surface area contributed by atoms with E-state index in [1.807, 2.05) is 42.5 Å². The van der Waals surface area contributed by atoms with Crippen LogP contribution in [0.5, 0.6) is 0 Å². The van der Waals surface area contributed by atoms with Gasteiger partial charge in [0.25, 0.3) is 0 Å². The second-order valence-electron chi connectivity index (χ2n) is 5.50. The maximum atomic E-state index is 12.3. The van der Waals surface area contributed by atoms with Crippen molar-refractivity contribution >= 4 is 46.0 Å². The lowest BCUT2D eigenvalue weighted by Gasteiger charge is -2.25. The number of anilines is 1. The Morgan fingerprint density at radius 3 is 2.71 bits per heavy atom. The lowest BCUT2D eigenvalue weighted by Crippen LogP contribution is -2.51. The SMILES string of the molecule is O=C(C[C@@H]1SC[C@H](C(=O)O)NC1=O)Nc1cccc2ccccc12. The van der Waals surface area contributed by atoms with Gasteiger partial charge in [-0.2, -0.15) is 0 Å². The first-order valence-corrected chi connectivity index (χ1v) is 8.52. The van der Waals surface area contributed by atoms with E-state index in [-0.39, 0.29) is 18.1 Å². The van der Waals surface area contributed by atoms with Crippen LogP contribution in [0.25, 0.3) is 10.8 Å². The Bertz CT molecular complexity index is 803. The summed E-state index contributed by atoms with van der Waals surface area (Å²) >= 11 is 1.20. The Morgan fingerprint density at radius 2 is 1.96 bits per heavy atom. The molecule has 1 saturated heterocycles. The number of carboxylic acid groups (broad SMARTS) is 1. The molecule has 124 valence electrons. The van der Waals surface area contributed by atoms with E-state index in [1.54, 1.807) is 0 Å². The van der Waals surface area contributed by atoms with E-state index in [0.29, 0.717) is 5.69 Å². The Labute approximate surface area is 142 Å². The molecule has 0 aliphatic carbocycles. The fourth-order valence-corrected chi connectivity index (χ4v) is 3.72. The molecule has 2 amide bonds. The monoisotopic (exact) mass is 344 g/mol. The maximum Gasteiger partial charge on any atom is 0.327 e. The number of carbonyl (C=O) groups is 3. The standard InChI is InChI=1S/C17H16N2O4S/c20-15(8-14-16(21)19-13(9-24-14)17(22)23)18-12-7-3-5-10-4-1-2-6-11(10)12/h1-7,13-14H,8-9H2,(H,18,20)(H,19,21)(H,22,23)/t13-,14+/m1/s1. The lowest BCUT2D eigenvalue weighted by atomic mass is 10.1. The summed E-state index contributed by atoms with van der Waals surface area (Å²) < 4.78 is 0. The third-order valence-electron chi connectivity index (χ3n) is 3.81. The molecule has 0 radical (unpaired) electrons. The minimum atomic E-state index is -1.06. The fraction of sp³-hybridized carbons (Fsp3) is 0.235. The summed E-state index contributed by atoms with van der Waals surface area (Å²) in [7, 11) is 0. The minimum absolute atomic E-state index is 0.00601. The van der Waals surface area contributed by atoms with Crippen LogP contribution >= 0.6 is 11.8 Å². The van der Waals surface area contributed by atoms with E-state index < -0.39 is 23.2 Å². The van der Waals surface area contributed by atoms with Gasteiger partial charge in [0.1, 0.15) is 6.04 Å². The predicted molar refractivity (Wildman–Crippen MR) is 93.0 cm³/mol. The number of hydrogen-bond donors (Lipinski definition) is 3. The Balaban J connectivity index is 1.66. The summed E-state index contributed by atoms with van der Waals surface area (Å²) in [6, 6.07) is 12.4. The zero-order valence-corrected chi connectivity index (χ0v) is 13.5. The molecule has 2 aromatic rings. The van der Waals surface area contributed by atoms with Crippen LogP contribution in [0.15, 0.2) is 42.5 Å². The van der Waals surface area contributed by atoms with Gasteiger partial charge in [0.15, 0.2) is 0 Å². The molecule has 6 nitrogen and oxygen atoms in total. The van der Waals surface area contributed by atoms with Crippen LogP contribution in [0.1, 0.15) is 6.42 Å². The van der Waals surface area contributed by atoms with Crippen LogP contribution in [0, 0.1) is 0 Å². The number of fused-ring (bicyclic) bond motifs is 1. The first-order chi connectivity index (χ1) is 11.5. The van der Waals surface area contributed by atoms with Crippen LogP contribution in [0.2, 0.25) is 0 Å². The summed E-state index contributed by atoms with van der Waals surface area (Å²) in [5.41, 5.74) is 0.697. The van der Waals surface area contributed by atoms with Gasteiger partial charge < -0.3 is 15.7 Å². The number of carboxylic acids is 1. The van der Waals surface area contributed by atoms with Crippen LogP contribution in [-0.2, 0) is 14.4 Å². The van der Waals surface area contributed by atoms with E-state index in [9.17, 15) is 14.4 Å². The summed E-state index contributed by atoms with van der Waals surface area (Å²) in [4.78, 5) is 35.1. The highest BCUT2D eigenvalue weighted by molar-refractivity contribution is 8.00. The second-order valence-corrected chi connectivity index (χ2v) is 6.74. The van der Waals surface area contributed by atoms with Gasteiger partial charge in [-0.1, -0.05) is 36.4 Å². The summed E-state index contributed by atoms with van der Waals surface area (Å²) in [6.07, 6.45) is 0.00601. The molecule has 1 fully saturated rings. The van der Waals surface area contributed by atoms with Crippen LogP contribution in [-0.4, -0.2) is 39.9 Å². The van der Waals surface area contributed by atoms with Crippen molar-refractivity contribution in [3.05, 3.63) is 42.5 Å². The van der Waals surface area contributed by atoms with Crippen molar-refractivity contribution in [1.29, 1.82) is 0 Å². The van der Waals surface area contributed by atoms with Crippen molar-refractivity contribution in [2.24, 2.45) is 0 Å². The maximum absolute atomic E-state index is 12.3. The largest absolute Gasteiger partial charge is 0.480 e. The predicted octanol–water partition coefficient (Wildman–Crippen LogP) is 1.85. The number of thioether (sulfide) groups is 1. The molecule has 7 heteroatoms. The Hall–Kier alpha value is -2.54. The highest BCUT2D eigenvalue weighted by Gasteiger charge is 2.33. The van der Waals surface area contributed by atoms with Gasteiger partial charge in [-0.3, -0.25) is 9.59 Å². The van der Waals surface area contributed by atoms with Gasteiger partial charge in [0.2, 0.25) is 11.8 Å². The molecule has 24 heavy (non-hydrogen) atoms. The summed E-state index contributed by atoms with van der Waals surface area (Å²) in [6.45, 7) is 0. The molecule has 3 N–H and O–H groups in total. The average Bonchev–Trinajstić information content (AvgIpc) is 2.57. The molecule has 0 bridgehead atoms. The number of carbonyl (C=O) groups excluding carboxylic acids is 2. The number of benzene rings is 2. The Morgan fingerprint density at radius 1 is 1.21 bits per heavy atom. The molecule has 2 aromatic carbocycles. The molecule has 0 spiro atoms. The zero-order chi connectivity index (χ0) is 17.1. The average molecular weight is 344 g/mol. The third-order valence-corrected chi connectivity index (χ3v) is 5.11. The topological polar surface area (TPSA) is 95.5 Å². The van der Waals surface area contributed by atoms with Crippen molar-refractivity contribution in [2.75, 3.05) is 11.1 Å². The van der Waals surface area contributed by atoms with Gasteiger partial charge in [0, 0.05) is 23.2 Å². The third kappa shape index (κ3) is 3.51. The number of hydrogen-bond acceptors (Lipinski definition) is 4. The normalized spacial score (nSPS) is 20.4. The van der Waals surface area contributed by atoms with Gasteiger partial charge in [-0.25, -0.2) is 4.79 Å². The number of aliphatic carboxylic acids is 1. The van der Waals surface area contributed by atoms with Crippen molar-refractivity contribution in [2.45, 2.75) is 17.7 Å². The molecular formula is C17H16N2O4S.